The summed E-state index contributed by atoms with van der Waals surface area (Å²) in [6, 6.07) is 16.2. The topological polar surface area (TPSA) is 59.5 Å². The van der Waals surface area contributed by atoms with E-state index in [1.807, 2.05) is 30.3 Å². The molecule has 2 heterocycles. The van der Waals surface area contributed by atoms with Crippen LogP contribution in [0.1, 0.15) is 5.56 Å². The van der Waals surface area contributed by atoms with Gasteiger partial charge in [0.1, 0.15) is 22.4 Å². The van der Waals surface area contributed by atoms with E-state index in [2.05, 4.69) is 4.98 Å². The van der Waals surface area contributed by atoms with Gasteiger partial charge in [-0.3, -0.25) is 0 Å². The van der Waals surface area contributed by atoms with Gasteiger partial charge in [-0.05, 0) is 24.3 Å². The molecule has 1 aliphatic rings. The van der Waals surface area contributed by atoms with Crippen LogP contribution in [0.5, 0.6) is 5.75 Å². The van der Waals surface area contributed by atoms with Crippen LogP contribution < -0.4 is 4.74 Å². The Morgan fingerprint density at radius 3 is 2.76 bits per heavy atom. The molecule has 2 aromatic carbocycles. The molecule has 0 bridgehead atoms. The van der Waals surface area contributed by atoms with Crippen LogP contribution in [0.3, 0.4) is 0 Å². The highest BCUT2D eigenvalue weighted by Crippen LogP contribution is 2.31. The largest absolute Gasteiger partial charge is 0.491 e. The molecular formula is C18H15ClN2O3S. The molecule has 1 aliphatic heterocycles. The highest BCUT2D eigenvalue weighted by atomic mass is 35.5. The monoisotopic (exact) mass is 374 g/mol. The number of hydrogen-bond acceptors (Lipinski definition) is 4. The Bertz CT molecular complexity index is 1050. The van der Waals surface area contributed by atoms with Gasteiger partial charge in [-0.15, -0.1) is 0 Å². The van der Waals surface area contributed by atoms with Crippen LogP contribution in [0.25, 0.3) is 10.9 Å². The zero-order valence-corrected chi connectivity index (χ0v) is 14.8. The van der Waals surface area contributed by atoms with E-state index >= 15 is 0 Å². The molecule has 4 rings (SSSR count). The third-order valence-corrected chi connectivity index (χ3v) is 6.37. The first-order chi connectivity index (χ1) is 12.1. The van der Waals surface area contributed by atoms with E-state index < -0.39 is 10.0 Å². The number of aromatic nitrogens is 1. The smallest absolute Gasteiger partial charge is 0.247 e. The van der Waals surface area contributed by atoms with Gasteiger partial charge < -0.3 is 4.74 Å². The van der Waals surface area contributed by atoms with Gasteiger partial charge in [0.05, 0.1) is 5.52 Å². The second-order valence-corrected chi connectivity index (χ2v) is 8.03. The summed E-state index contributed by atoms with van der Waals surface area (Å²) in [5, 5.41) is 1.23. The molecule has 0 N–H and O–H groups in total. The van der Waals surface area contributed by atoms with Crippen molar-refractivity contribution in [3.63, 3.8) is 0 Å². The van der Waals surface area contributed by atoms with E-state index in [9.17, 15) is 8.42 Å². The van der Waals surface area contributed by atoms with Crippen LogP contribution in [0.4, 0.5) is 0 Å². The number of ether oxygens (including phenoxy) is 1. The first-order valence-electron chi connectivity index (χ1n) is 7.82. The zero-order chi connectivity index (χ0) is 17.4. The van der Waals surface area contributed by atoms with Crippen LogP contribution in [-0.2, 0) is 16.6 Å². The lowest BCUT2D eigenvalue weighted by atomic mass is 10.1. The molecule has 3 aromatic rings. The molecule has 0 atom stereocenters. The maximum absolute atomic E-state index is 13.0. The second kappa shape index (κ2) is 6.29. The van der Waals surface area contributed by atoms with Crippen molar-refractivity contribution < 1.29 is 13.2 Å². The van der Waals surface area contributed by atoms with E-state index in [1.54, 1.807) is 24.3 Å². The maximum atomic E-state index is 13.0. The van der Waals surface area contributed by atoms with Gasteiger partial charge in [0.15, 0.2) is 0 Å². The average Bonchev–Trinajstić information content (AvgIpc) is 2.73. The van der Waals surface area contributed by atoms with Crippen molar-refractivity contribution in [1.29, 1.82) is 0 Å². The summed E-state index contributed by atoms with van der Waals surface area (Å²) in [6.45, 7) is 0.686. The Morgan fingerprint density at radius 2 is 1.88 bits per heavy atom. The Morgan fingerprint density at radius 1 is 1.12 bits per heavy atom. The number of sulfonamides is 1. The van der Waals surface area contributed by atoms with Crippen LogP contribution in [0, 0.1) is 0 Å². The number of benzene rings is 2. The molecule has 0 radical (unpaired) electrons. The van der Waals surface area contributed by atoms with Crippen molar-refractivity contribution in [1.82, 2.24) is 9.29 Å². The van der Waals surface area contributed by atoms with Crippen molar-refractivity contribution >= 4 is 32.5 Å². The van der Waals surface area contributed by atoms with Gasteiger partial charge in [-0.25, -0.2) is 13.4 Å². The quantitative estimate of drug-likeness (QED) is 0.644. The van der Waals surface area contributed by atoms with Crippen LogP contribution in [0.2, 0.25) is 5.15 Å². The molecule has 1 aromatic heterocycles. The van der Waals surface area contributed by atoms with Gasteiger partial charge in [-0.1, -0.05) is 41.9 Å². The van der Waals surface area contributed by atoms with Crippen molar-refractivity contribution in [2.45, 2.75) is 11.4 Å². The fourth-order valence-corrected chi connectivity index (χ4v) is 4.64. The number of para-hydroxylation sites is 2. The van der Waals surface area contributed by atoms with Crippen molar-refractivity contribution in [2.24, 2.45) is 0 Å². The Kier molecular flexibility index (Phi) is 4.11. The lowest BCUT2D eigenvalue weighted by molar-refractivity contribution is 0.278. The van der Waals surface area contributed by atoms with E-state index in [0.29, 0.717) is 16.5 Å². The van der Waals surface area contributed by atoms with Gasteiger partial charge in [0.25, 0.3) is 0 Å². The van der Waals surface area contributed by atoms with Crippen molar-refractivity contribution in [3.05, 3.63) is 65.3 Å². The lowest BCUT2D eigenvalue weighted by Crippen LogP contribution is -2.32. The second-order valence-electron chi connectivity index (χ2n) is 5.76. The number of fused-ring (bicyclic) bond motifs is 2. The molecule has 0 fully saturated rings. The number of rotatable bonds is 2. The fraction of sp³-hybridized carbons (Fsp3) is 0.167. The maximum Gasteiger partial charge on any atom is 0.247 e. The van der Waals surface area contributed by atoms with Gasteiger partial charge in [-0.2, -0.15) is 4.31 Å². The first kappa shape index (κ1) is 16.3. The number of nitrogens with zero attached hydrogens (tertiary/aromatic N) is 2. The minimum Gasteiger partial charge on any atom is -0.491 e. The van der Waals surface area contributed by atoms with E-state index in [0.717, 1.165) is 10.9 Å². The minimum absolute atomic E-state index is 0.149. The summed E-state index contributed by atoms with van der Waals surface area (Å²) < 4.78 is 32.9. The van der Waals surface area contributed by atoms with E-state index in [1.165, 1.54) is 4.31 Å². The molecule has 128 valence electrons. The van der Waals surface area contributed by atoms with Crippen LogP contribution in [0.15, 0.2) is 59.5 Å². The Labute approximate surface area is 150 Å². The number of pyridine rings is 1. The highest BCUT2D eigenvalue weighted by molar-refractivity contribution is 7.89. The highest BCUT2D eigenvalue weighted by Gasteiger charge is 2.31. The summed E-state index contributed by atoms with van der Waals surface area (Å²) in [4.78, 5) is 4.55. The lowest BCUT2D eigenvalue weighted by Gasteiger charge is -2.20. The normalized spacial score (nSPS) is 16.8. The molecule has 7 heteroatoms. The van der Waals surface area contributed by atoms with Gasteiger partial charge in [0.2, 0.25) is 10.0 Å². The molecule has 0 aliphatic carbocycles. The Hall–Kier alpha value is -2.15. The molecular weight excluding hydrogens is 360 g/mol. The Balaban J connectivity index is 1.74. The fourth-order valence-electron chi connectivity index (χ4n) is 2.90. The molecule has 0 saturated carbocycles. The van der Waals surface area contributed by atoms with Gasteiger partial charge >= 0.3 is 0 Å². The standard InChI is InChI=1S/C18H15ClN2O3S/c19-18-14(11-13-5-1-2-6-15(13)20-18)12-21-9-10-24-16-7-3-4-8-17(16)25(21,22)23/h1-8,11H,9-10,12H2. The molecule has 0 saturated heterocycles. The third kappa shape index (κ3) is 2.97. The molecule has 0 unspecified atom stereocenters. The first-order valence-corrected chi connectivity index (χ1v) is 9.64. The molecule has 25 heavy (non-hydrogen) atoms. The summed E-state index contributed by atoms with van der Waals surface area (Å²) >= 11 is 6.29. The van der Waals surface area contributed by atoms with E-state index in [-0.39, 0.29) is 24.6 Å². The average molecular weight is 375 g/mol. The molecule has 5 nitrogen and oxygen atoms in total. The van der Waals surface area contributed by atoms with Crippen molar-refractivity contribution in [2.75, 3.05) is 13.2 Å². The SMILES string of the molecule is O=S1(=O)c2ccccc2OCCN1Cc1cc2ccccc2nc1Cl. The summed E-state index contributed by atoms with van der Waals surface area (Å²) in [7, 11) is -3.67. The summed E-state index contributed by atoms with van der Waals surface area (Å²) in [5.74, 6) is 0.382. The summed E-state index contributed by atoms with van der Waals surface area (Å²) in [6.07, 6.45) is 0. The van der Waals surface area contributed by atoms with Crippen molar-refractivity contribution in [3.8, 4) is 5.75 Å². The predicted molar refractivity (Wildman–Crippen MR) is 96.3 cm³/mol. The predicted octanol–water partition coefficient (Wildman–Crippen LogP) is 3.47. The number of halogens is 1. The van der Waals surface area contributed by atoms with Crippen LogP contribution >= 0.6 is 11.6 Å². The zero-order valence-electron chi connectivity index (χ0n) is 13.2. The molecule has 0 amide bonds. The molecule has 0 spiro atoms. The third-order valence-electron chi connectivity index (χ3n) is 4.16. The summed E-state index contributed by atoms with van der Waals surface area (Å²) in [5.41, 5.74) is 1.45. The minimum atomic E-state index is -3.67. The number of hydrogen-bond donors (Lipinski definition) is 0. The van der Waals surface area contributed by atoms with Crippen LogP contribution in [-0.4, -0.2) is 30.9 Å². The van der Waals surface area contributed by atoms with Gasteiger partial charge in [0, 0.05) is 24.0 Å². The van der Waals surface area contributed by atoms with E-state index in [4.69, 9.17) is 16.3 Å².